The Balaban J connectivity index is 1.91. The van der Waals surface area contributed by atoms with Crippen LogP contribution in [-0.4, -0.2) is 4.98 Å². The Morgan fingerprint density at radius 3 is 2.48 bits per heavy atom. The van der Waals surface area contributed by atoms with E-state index >= 15 is 0 Å². The first-order valence-electron chi connectivity index (χ1n) is 7.39. The smallest absolute Gasteiger partial charge is 0.0973 e. The molecule has 0 unspecified atom stereocenters. The van der Waals surface area contributed by atoms with Gasteiger partial charge in [0.1, 0.15) is 0 Å². The molecule has 4 heteroatoms. The third-order valence-corrected chi connectivity index (χ3v) is 5.37. The quantitative estimate of drug-likeness (QED) is 0.478. The van der Waals surface area contributed by atoms with Gasteiger partial charge in [-0.2, -0.15) is 0 Å². The minimum Gasteiger partial charge on any atom is -0.241 e. The second-order valence-corrected chi connectivity index (χ2v) is 7.62. The maximum atomic E-state index is 6.25. The molecule has 0 bridgehead atoms. The number of nitrogens with zero attached hydrogens (tertiary/aromatic N) is 1. The second-order valence-electron chi connectivity index (χ2n) is 5.78. The van der Waals surface area contributed by atoms with E-state index in [9.17, 15) is 0 Å². The zero-order valence-corrected chi connectivity index (χ0v) is 15.6. The van der Waals surface area contributed by atoms with Gasteiger partial charge in [0.25, 0.3) is 0 Å². The topological polar surface area (TPSA) is 12.9 Å². The summed E-state index contributed by atoms with van der Waals surface area (Å²) in [7, 11) is 0. The summed E-state index contributed by atoms with van der Waals surface area (Å²) in [5.74, 6) is 0.777. The Morgan fingerprint density at radius 2 is 1.74 bits per heavy atom. The molecule has 0 amide bonds. The Kier molecular flexibility index (Phi) is 4.86. The number of fused-ring (bicyclic) bond motifs is 1. The van der Waals surface area contributed by atoms with E-state index in [4.69, 9.17) is 28.2 Å². The SMILES string of the molecule is Cc1cc(C)c2nc(SCc3ccc(Cl)cc3Cl)cc(C)c2c1. The largest absolute Gasteiger partial charge is 0.241 e. The van der Waals surface area contributed by atoms with Gasteiger partial charge < -0.3 is 0 Å². The zero-order valence-electron chi connectivity index (χ0n) is 13.3. The normalized spacial score (nSPS) is 11.2. The number of halogens is 2. The van der Waals surface area contributed by atoms with Crippen molar-refractivity contribution in [2.24, 2.45) is 0 Å². The van der Waals surface area contributed by atoms with E-state index in [0.29, 0.717) is 10.0 Å². The maximum absolute atomic E-state index is 6.25. The lowest BCUT2D eigenvalue weighted by Gasteiger charge is -2.10. The second kappa shape index (κ2) is 6.72. The highest BCUT2D eigenvalue weighted by atomic mass is 35.5. The fourth-order valence-electron chi connectivity index (χ4n) is 2.68. The number of hydrogen-bond donors (Lipinski definition) is 0. The molecule has 0 radical (unpaired) electrons. The van der Waals surface area contributed by atoms with Crippen LogP contribution in [0.5, 0.6) is 0 Å². The molecule has 0 N–H and O–H groups in total. The van der Waals surface area contributed by atoms with Crippen molar-refractivity contribution in [1.29, 1.82) is 0 Å². The van der Waals surface area contributed by atoms with Crippen molar-refractivity contribution in [1.82, 2.24) is 4.98 Å². The summed E-state index contributed by atoms with van der Waals surface area (Å²) in [4.78, 5) is 4.83. The summed E-state index contributed by atoms with van der Waals surface area (Å²) in [6.45, 7) is 6.38. The number of aryl methyl sites for hydroxylation is 3. The van der Waals surface area contributed by atoms with Gasteiger partial charge in [-0.1, -0.05) is 40.9 Å². The van der Waals surface area contributed by atoms with Crippen molar-refractivity contribution in [3.05, 3.63) is 68.7 Å². The van der Waals surface area contributed by atoms with Crippen LogP contribution in [-0.2, 0) is 5.75 Å². The van der Waals surface area contributed by atoms with Crippen molar-refractivity contribution >= 4 is 45.9 Å². The van der Waals surface area contributed by atoms with Gasteiger partial charge in [-0.3, -0.25) is 0 Å². The molecule has 0 aliphatic rings. The van der Waals surface area contributed by atoms with Crippen LogP contribution in [0.25, 0.3) is 10.9 Å². The lowest BCUT2D eigenvalue weighted by Crippen LogP contribution is -1.92. The van der Waals surface area contributed by atoms with Gasteiger partial charge in [-0.25, -0.2) is 4.98 Å². The van der Waals surface area contributed by atoms with Crippen molar-refractivity contribution in [3.63, 3.8) is 0 Å². The molecule has 0 atom stereocenters. The van der Waals surface area contributed by atoms with Gasteiger partial charge in [-0.05, 0) is 61.7 Å². The molecule has 3 aromatic rings. The van der Waals surface area contributed by atoms with Gasteiger partial charge in [-0.15, -0.1) is 11.8 Å². The summed E-state index contributed by atoms with van der Waals surface area (Å²) in [5.41, 5.74) is 5.90. The molecule has 0 fully saturated rings. The first-order valence-corrected chi connectivity index (χ1v) is 9.13. The molecule has 2 aromatic carbocycles. The maximum Gasteiger partial charge on any atom is 0.0973 e. The third kappa shape index (κ3) is 3.65. The Bertz CT molecular complexity index is 890. The summed E-state index contributed by atoms with van der Waals surface area (Å²) in [6.07, 6.45) is 0. The molecule has 23 heavy (non-hydrogen) atoms. The molecule has 118 valence electrons. The first-order chi connectivity index (χ1) is 10.9. The number of thioether (sulfide) groups is 1. The van der Waals surface area contributed by atoms with E-state index < -0.39 is 0 Å². The van der Waals surface area contributed by atoms with E-state index in [-0.39, 0.29) is 0 Å². The van der Waals surface area contributed by atoms with E-state index in [0.717, 1.165) is 21.9 Å². The number of pyridine rings is 1. The van der Waals surface area contributed by atoms with Gasteiger partial charge >= 0.3 is 0 Å². The molecule has 0 saturated heterocycles. The van der Waals surface area contributed by atoms with Crippen LogP contribution in [0.15, 0.2) is 41.4 Å². The number of hydrogen-bond acceptors (Lipinski definition) is 2. The Hall–Kier alpha value is -1.22. The van der Waals surface area contributed by atoms with E-state index in [1.807, 2.05) is 12.1 Å². The van der Waals surface area contributed by atoms with Gasteiger partial charge in [0.05, 0.1) is 10.5 Å². The van der Waals surface area contributed by atoms with Crippen LogP contribution in [0, 0.1) is 20.8 Å². The number of rotatable bonds is 3. The average Bonchev–Trinajstić information content (AvgIpc) is 2.47. The molecule has 3 rings (SSSR count). The summed E-state index contributed by atoms with van der Waals surface area (Å²) < 4.78 is 0. The predicted octanol–water partition coefficient (Wildman–Crippen LogP) is 6.76. The van der Waals surface area contributed by atoms with Gasteiger partial charge in [0, 0.05) is 21.2 Å². The summed E-state index contributed by atoms with van der Waals surface area (Å²) >= 11 is 13.9. The van der Waals surface area contributed by atoms with Crippen molar-refractivity contribution < 1.29 is 0 Å². The monoisotopic (exact) mass is 361 g/mol. The lowest BCUT2D eigenvalue weighted by atomic mass is 10.0. The highest BCUT2D eigenvalue weighted by Gasteiger charge is 2.08. The highest BCUT2D eigenvalue weighted by molar-refractivity contribution is 7.98. The number of aromatic nitrogens is 1. The van der Waals surface area contributed by atoms with Crippen LogP contribution < -0.4 is 0 Å². The van der Waals surface area contributed by atoms with E-state index in [1.54, 1.807) is 17.8 Å². The first kappa shape index (κ1) is 16.6. The van der Waals surface area contributed by atoms with Crippen LogP contribution in [0.3, 0.4) is 0 Å². The Morgan fingerprint density at radius 1 is 0.957 bits per heavy atom. The molecule has 1 nitrogen and oxygen atoms in total. The van der Waals surface area contributed by atoms with Crippen LogP contribution >= 0.6 is 35.0 Å². The third-order valence-electron chi connectivity index (χ3n) is 3.82. The molecule has 1 heterocycles. The predicted molar refractivity (Wildman–Crippen MR) is 102 cm³/mol. The molecule has 0 saturated carbocycles. The average molecular weight is 362 g/mol. The van der Waals surface area contributed by atoms with Crippen molar-refractivity contribution in [2.75, 3.05) is 0 Å². The molecular formula is C19H17Cl2NS. The zero-order chi connectivity index (χ0) is 16.6. The number of benzene rings is 2. The fraction of sp³-hybridized carbons (Fsp3) is 0.211. The van der Waals surface area contributed by atoms with Crippen LogP contribution in [0.4, 0.5) is 0 Å². The van der Waals surface area contributed by atoms with Gasteiger partial charge in [0.2, 0.25) is 0 Å². The van der Waals surface area contributed by atoms with E-state index in [1.165, 1.54) is 22.1 Å². The molecule has 0 spiro atoms. The molecule has 0 aliphatic heterocycles. The molecule has 0 aliphatic carbocycles. The molecule has 1 aromatic heterocycles. The lowest BCUT2D eigenvalue weighted by molar-refractivity contribution is 1.15. The molecular weight excluding hydrogens is 345 g/mol. The Labute approximate surface area is 151 Å². The summed E-state index contributed by atoms with van der Waals surface area (Å²) in [6, 6.07) is 12.2. The van der Waals surface area contributed by atoms with Crippen molar-refractivity contribution in [2.45, 2.75) is 31.6 Å². The highest BCUT2D eigenvalue weighted by Crippen LogP contribution is 2.31. The van der Waals surface area contributed by atoms with Crippen molar-refractivity contribution in [3.8, 4) is 0 Å². The van der Waals surface area contributed by atoms with E-state index in [2.05, 4.69) is 39.0 Å². The van der Waals surface area contributed by atoms with Crippen LogP contribution in [0.2, 0.25) is 10.0 Å². The standard InChI is InChI=1S/C19H17Cl2NS/c1-11-6-13(3)19-16(7-11)12(2)8-18(22-19)23-10-14-4-5-15(20)9-17(14)21/h4-9H,10H2,1-3H3. The minimum absolute atomic E-state index is 0.661. The van der Waals surface area contributed by atoms with Gasteiger partial charge in [0.15, 0.2) is 0 Å². The van der Waals surface area contributed by atoms with Crippen LogP contribution in [0.1, 0.15) is 22.3 Å². The summed E-state index contributed by atoms with van der Waals surface area (Å²) in [5, 5.41) is 3.62. The fourth-order valence-corrected chi connectivity index (χ4v) is 4.20. The minimum atomic E-state index is 0.661.